The van der Waals surface area contributed by atoms with Gasteiger partial charge >= 0.3 is 18.1 Å². The Bertz CT molecular complexity index is 1080. The summed E-state index contributed by atoms with van der Waals surface area (Å²) in [6.07, 6.45) is 22.7. The Morgan fingerprint density at radius 2 is 1.00 bits per heavy atom. The summed E-state index contributed by atoms with van der Waals surface area (Å²) in [7, 11) is 0. The maximum atomic E-state index is 12.4. The molecule has 0 atom stereocenters. The van der Waals surface area contributed by atoms with Crippen molar-refractivity contribution in [1.29, 1.82) is 0 Å². The summed E-state index contributed by atoms with van der Waals surface area (Å²) < 4.78 is 33.7. The molecule has 0 heterocycles. The van der Waals surface area contributed by atoms with Gasteiger partial charge in [-0.3, -0.25) is 9.59 Å². The minimum absolute atomic E-state index is 0.0404. The third-order valence-electron chi connectivity index (χ3n) is 9.68. The van der Waals surface area contributed by atoms with Crippen molar-refractivity contribution >= 4 is 18.1 Å². The summed E-state index contributed by atoms with van der Waals surface area (Å²) in [5.41, 5.74) is 0.748. The Labute approximate surface area is 335 Å². The quantitative estimate of drug-likeness (QED) is 0.0365. The van der Waals surface area contributed by atoms with Crippen LogP contribution >= 0.6 is 0 Å². The second-order valence-electron chi connectivity index (χ2n) is 14.5. The van der Waals surface area contributed by atoms with E-state index in [1.807, 2.05) is 25.1 Å². The van der Waals surface area contributed by atoms with Crippen molar-refractivity contribution in [3.63, 3.8) is 0 Å². The summed E-state index contributed by atoms with van der Waals surface area (Å²) in [6.45, 7) is 13.8. The average Bonchev–Trinajstić information content (AvgIpc) is 3.18. The highest BCUT2D eigenvalue weighted by atomic mass is 16.7. The number of hydrogen-bond acceptors (Lipinski definition) is 10. The Balaban J connectivity index is 2.36. The van der Waals surface area contributed by atoms with Crippen LogP contribution in [0.4, 0.5) is 4.79 Å². The van der Waals surface area contributed by atoms with Crippen molar-refractivity contribution < 1.29 is 42.8 Å². The highest BCUT2D eigenvalue weighted by Crippen LogP contribution is 2.26. The van der Waals surface area contributed by atoms with E-state index < -0.39 is 6.16 Å². The Kier molecular flexibility index (Phi) is 33.3. The number of ether oxygens (including phenoxy) is 6. The van der Waals surface area contributed by atoms with Gasteiger partial charge in [0.15, 0.2) is 0 Å². The monoisotopic (exact) mass is 778 g/mol. The van der Waals surface area contributed by atoms with E-state index in [-0.39, 0.29) is 18.5 Å². The molecule has 0 saturated heterocycles. The van der Waals surface area contributed by atoms with Gasteiger partial charge in [0.2, 0.25) is 0 Å². The van der Waals surface area contributed by atoms with E-state index >= 15 is 0 Å². The van der Waals surface area contributed by atoms with Gasteiger partial charge in [0.1, 0.15) is 18.1 Å². The second kappa shape index (κ2) is 36.6. The van der Waals surface area contributed by atoms with Crippen LogP contribution in [0.1, 0.15) is 181 Å². The van der Waals surface area contributed by atoms with E-state index in [9.17, 15) is 14.4 Å². The fourth-order valence-corrected chi connectivity index (χ4v) is 6.20. The molecule has 0 aliphatic heterocycles. The van der Waals surface area contributed by atoms with E-state index in [1.54, 1.807) is 0 Å². The molecule has 0 fully saturated rings. The van der Waals surface area contributed by atoms with Crippen molar-refractivity contribution in [3.8, 4) is 11.5 Å². The maximum absolute atomic E-state index is 12.4. The smallest absolute Gasteiger partial charge is 0.494 e. The van der Waals surface area contributed by atoms with E-state index in [0.717, 1.165) is 134 Å². The molecular formula is C45H79NO9. The van der Waals surface area contributed by atoms with Crippen molar-refractivity contribution in [1.82, 2.24) is 4.90 Å². The van der Waals surface area contributed by atoms with Gasteiger partial charge in [-0.1, -0.05) is 118 Å². The molecule has 10 nitrogen and oxygen atoms in total. The summed E-state index contributed by atoms with van der Waals surface area (Å²) in [6, 6.07) is 5.70. The van der Waals surface area contributed by atoms with Crippen molar-refractivity contribution in [2.75, 3.05) is 52.7 Å². The largest absolute Gasteiger partial charge is 0.508 e. The van der Waals surface area contributed by atoms with Gasteiger partial charge in [-0.05, 0) is 76.2 Å². The van der Waals surface area contributed by atoms with Gasteiger partial charge in [-0.25, -0.2) is 4.79 Å². The average molecular weight is 778 g/mol. The normalized spacial score (nSPS) is 11.1. The zero-order chi connectivity index (χ0) is 40.0. The highest BCUT2D eigenvalue weighted by Gasteiger charge is 2.12. The Hall–Kier alpha value is -3.01. The minimum Gasteiger partial charge on any atom is -0.494 e. The van der Waals surface area contributed by atoms with Crippen molar-refractivity contribution in [3.05, 3.63) is 23.8 Å². The molecule has 0 aromatic heterocycles. The summed E-state index contributed by atoms with van der Waals surface area (Å²) in [5, 5.41) is 0. The van der Waals surface area contributed by atoms with E-state index in [0.29, 0.717) is 51.6 Å². The van der Waals surface area contributed by atoms with Crippen LogP contribution < -0.4 is 9.47 Å². The van der Waals surface area contributed by atoms with Gasteiger partial charge in [-0.15, -0.1) is 0 Å². The molecule has 0 aliphatic rings. The first-order valence-electron chi connectivity index (χ1n) is 22.1. The number of carbonyl (C=O) groups is 3. The predicted molar refractivity (Wildman–Crippen MR) is 221 cm³/mol. The summed E-state index contributed by atoms with van der Waals surface area (Å²) in [5.74, 6) is 1.25. The number of hydrogen-bond donors (Lipinski definition) is 0. The lowest BCUT2D eigenvalue weighted by atomic mass is 10.1. The molecule has 0 N–H and O–H groups in total. The van der Waals surface area contributed by atoms with Crippen LogP contribution in [0.25, 0.3) is 0 Å². The lowest BCUT2D eigenvalue weighted by molar-refractivity contribution is -0.144. The highest BCUT2D eigenvalue weighted by molar-refractivity contribution is 5.69. The zero-order valence-electron chi connectivity index (χ0n) is 35.5. The molecule has 0 radical (unpaired) electrons. The third-order valence-corrected chi connectivity index (χ3v) is 9.68. The van der Waals surface area contributed by atoms with Crippen molar-refractivity contribution in [2.24, 2.45) is 0 Å². The minimum atomic E-state index is -0.682. The number of carbonyl (C=O) groups excluding carboxylic acids is 3. The Morgan fingerprint density at radius 3 is 1.58 bits per heavy atom. The third kappa shape index (κ3) is 29.9. The summed E-state index contributed by atoms with van der Waals surface area (Å²) in [4.78, 5) is 38.1. The molecule has 318 valence electrons. The molecule has 1 rings (SSSR count). The number of nitrogens with zero attached hydrogens (tertiary/aromatic N) is 1. The molecule has 0 bridgehead atoms. The molecular weight excluding hydrogens is 698 g/mol. The fourth-order valence-electron chi connectivity index (χ4n) is 6.20. The number of unbranched alkanes of at least 4 members (excludes halogenated alkanes) is 16. The zero-order valence-corrected chi connectivity index (χ0v) is 35.5. The van der Waals surface area contributed by atoms with E-state index in [4.69, 9.17) is 28.4 Å². The van der Waals surface area contributed by atoms with Crippen LogP contribution in [0.15, 0.2) is 18.2 Å². The fraction of sp³-hybridized carbons (Fsp3) is 0.800. The molecule has 55 heavy (non-hydrogen) atoms. The van der Waals surface area contributed by atoms with Crippen molar-refractivity contribution in [2.45, 2.75) is 182 Å². The molecule has 0 saturated carbocycles. The summed E-state index contributed by atoms with van der Waals surface area (Å²) >= 11 is 0. The van der Waals surface area contributed by atoms with Crippen LogP contribution in [0.5, 0.6) is 11.5 Å². The standard InChI is InChI=1S/C45H79NO9/c1-5-9-10-11-12-17-22-29-44(48)53-36-26-21-15-13-18-23-33-50-41-30-31-42(51-34-24-19-14-16-20-25-35-52-43(47)28-6-2)40(38-41)39-55-45(49)54-37-27-32-46(7-3)8-4/h30-31,38H,5-29,32-37,39H2,1-4H3. The molecule has 10 heteroatoms. The van der Waals surface area contributed by atoms with Gasteiger partial charge < -0.3 is 33.3 Å². The molecule has 0 spiro atoms. The molecule has 0 amide bonds. The second-order valence-corrected chi connectivity index (χ2v) is 14.5. The van der Waals surface area contributed by atoms with E-state index in [2.05, 4.69) is 25.7 Å². The van der Waals surface area contributed by atoms with Gasteiger partial charge in [-0.2, -0.15) is 0 Å². The van der Waals surface area contributed by atoms with Gasteiger partial charge in [0.25, 0.3) is 0 Å². The van der Waals surface area contributed by atoms with E-state index in [1.165, 1.54) is 32.1 Å². The molecule has 1 aromatic rings. The SMILES string of the molecule is CCCCCCCCCC(=O)OCCCCCCCCOc1ccc(OCCCCCCCCOC(=O)CCC)c(COC(=O)OCCCN(CC)CC)c1. The van der Waals surface area contributed by atoms with Crippen LogP contribution in [0, 0.1) is 0 Å². The lowest BCUT2D eigenvalue weighted by Gasteiger charge is -2.17. The van der Waals surface area contributed by atoms with Crippen LogP contribution in [-0.2, 0) is 35.1 Å². The maximum Gasteiger partial charge on any atom is 0.508 e. The number of esters is 2. The Morgan fingerprint density at radius 1 is 0.491 bits per heavy atom. The lowest BCUT2D eigenvalue weighted by Crippen LogP contribution is -2.25. The number of benzene rings is 1. The number of rotatable bonds is 38. The molecule has 0 aliphatic carbocycles. The van der Waals surface area contributed by atoms with Gasteiger partial charge in [0.05, 0.1) is 33.0 Å². The van der Waals surface area contributed by atoms with Gasteiger partial charge in [0, 0.05) is 24.9 Å². The van der Waals surface area contributed by atoms with Crippen LogP contribution in [-0.4, -0.2) is 75.7 Å². The topological polar surface area (TPSA) is 110 Å². The first kappa shape index (κ1) is 50.0. The van der Waals surface area contributed by atoms with Crippen LogP contribution in [0.2, 0.25) is 0 Å². The molecule has 0 unspecified atom stereocenters. The molecule has 1 aromatic carbocycles. The first-order valence-corrected chi connectivity index (χ1v) is 22.1. The van der Waals surface area contributed by atoms with Crippen LogP contribution in [0.3, 0.4) is 0 Å². The first-order chi connectivity index (χ1) is 26.9. The predicted octanol–water partition coefficient (Wildman–Crippen LogP) is 11.5.